The number of carbonyl (C=O) groups is 1. The Morgan fingerprint density at radius 3 is 2.24 bits per heavy atom. The summed E-state index contributed by atoms with van der Waals surface area (Å²) >= 11 is 0. The molecule has 1 atom stereocenters. The zero-order chi connectivity index (χ0) is 13.1. The van der Waals surface area contributed by atoms with E-state index in [1.807, 2.05) is 0 Å². The van der Waals surface area contributed by atoms with Gasteiger partial charge in [0.25, 0.3) is 0 Å². The number of rotatable bonds is 4. The number of nitrogens with one attached hydrogen (secondary N) is 1. The van der Waals surface area contributed by atoms with E-state index in [2.05, 4.69) is 44.8 Å². The second-order valence-corrected chi connectivity index (χ2v) is 6.00. The van der Waals surface area contributed by atoms with Crippen LogP contribution in [0.3, 0.4) is 0 Å². The molecule has 0 aliphatic carbocycles. The highest BCUT2D eigenvalue weighted by Gasteiger charge is 2.37. The van der Waals surface area contributed by atoms with Gasteiger partial charge in [-0.15, -0.1) is 0 Å². The van der Waals surface area contributed by atoms with E-state index in [0.717, 1.165) is 32.5 Å². The van der Waals surface area contributed by atoms with E-state index in [0.29, 0.717) is 5.92 Å². The lowest BCUT2D eigenvalue weighted by Crippen LogP contribution is -2.50. The van der Waals surface area contributed by atoms with E-state index in [4.69, 9.17) is 0 Å². The van der Waals surface area contributed by atoms with Crippen LogP contribution in [0, 0.1) is 11.3 Å². The Hall–Kier alpha value is -0.570. The van der Waals surface area contributed by atoms with Gasteiger partial charge < -0.3 is 10.2 Å². The van der Waals surface area contributed by atoms with Crippen molar-refractivity contribution in [2.75, 3.05) is 19.6 Å². The Kier molecular flexibility index (Phi) is 4.99. The summed E-state index contributed by atoms with van der Waals surface area (Å²) < 4.78 is 0. The highest BCUT2D eigenvalue weighted by atomic mass is 16.2. The van der Waals surface area contributed by atoms with Gasteiger partial charge in [0.1, 0.15) is 0 Å². The molecule has 1 amide bonds. The Morgan fingerprint density at radius 1 is 1.29 bits per heavy atom. The topological polar surface area (TPSA) is 32.3 Å². The fourth-order valence-electron chi connectivity index (χ4n) is 2.14. The van der Waals surface area contributed by atoms with Gasteiger partial charge in [-0.2, -0.15) is 0 Å². The molecule has 3 heteroatoms. The summed E-state index contributed by atoms with van der Waals surface area (Å²) in [5.74, 6) is 0.743. The Bertz CT molecular complexity index is 255. The zero-order valence-corrected chi connectivity index (χ0v) is 12.0. The van der Waals surface area contributed by atoms with Gasteiger partial charge >= 0.3 is 0 Å². The van der Waals surface area contributed by atoms with Gasteiger partial charge in [-0.1, -0.05) is 27.7 Å². The van der Waals surface area contributed by atoms with Crippen LogP contribution in [0.2, 0.25) is 0 Å². The van der Waals surface area contributed by atoms with Gasteiger partial charge in [-0.05, 0) is 45.3 Å². The summed E-state index contributed by atoms with van der Waals surface area (Å²) in [6, 6.07) is 0.267. The second kappa shape index (κ2) is 5.85. The maximum Gasteiger partial charge on any atom is 0.226 e. The highest BCUT2D eigenvalue weighted by Crippen LogP contribution is 2.31. The van der Waals surface area contributed by atoms with Crippen molar-refractivity contribution in [3.05, 3.63) is 0 Å². The van der Waals surface area contributed by atoms with Crippen molar-refractivity contribution in [2.45, 2.75) is 53.5 Å². The number of nitrogens with zero attached hydrogens (tertiary/aromatic N) is 1. The van der Waals surface area contributed by atoms with E-state index in [9.17, 15) is 4.79 Å². The van der Waals surface area contributed by atoms with Crippen molar-refractivity contribution in [1.29, 1.82) is 0 Å². The fourth-order valence-corrected chi connectivity index (χ4v) is 2.14. The van der Waals surface area contributed by atoms with Crippen LogP contribution in [0.25, 0.3) is 0 Å². The van der Waals surface area contributed by atoms with Crippen LogP contribution in [0.4, 0.5) is 0 Å². The standard InChI is InChI=1S/C14H28N2O/c1-6-16-9-7-14(5,8-10-16)13(17)15-12(4)11(2)3/h11-12H,6-10H2,1-5H3,(H,15,17). The van der Waals surface area contributed by atoms with E-state index in [1.165, 1.54) is 0 Å². The molecule has 1 rings (SSSR count). The van der Waals surface area contributed by atoms with E-state index < -0.39 is 0 Å². The van der Waals surface area contributed by atoms with Crippen molar-refractivity contribution in [1.82, 2.24) is 10.2 Å². The van der Waals surface area contributed by atoms with Gasteiger partial charge in [-0.25, -0.2) is 0 Å². The average Bonchev–Trinajstić information content (AvgIpc) is 2.29. The molecule has 0 aromatic heterocycles. The summed E-state index contributed by atoms with van der Waals surface area (Å²) in [4.78, 5) is 14.7. The summed E-state index contributed by atoms with van der Waals surface area (Å²) in [5, 5.41) is 3.16. The lowest BCUT2D eigenvalue weighted by molar-refractivity contribution is -0.133. The first kappa shape index (κ1) is 14.5. The molecule has 1 saturated heterocycles. The molecular weight excluding hydrogens is 212 g/mol. The van der Waals surface area contributed by atoms with Crippen molar-refractivity contribution >= 4 is 5.91 Å². The normalized spacial score (nSPS) is 22.5. The quantitative estimate of drug-likeness (QED) is 0.817. The minimum atomic E-state index is -0.158. The molecule has 1 heterocycles. The maximum atomic E-state index is 12.3. The Morgan fingerprint density at radius 2 is 1.82 bits per heavy atom. The minimum absolute atomic E-state index is 0.158. The Balaban J connectivity index is 2.51. The van der Waals surface area contributed by atoms with Gasteiger partial charge in [0, 0.05) is 11.5 Å². The third-order valence-electron chi connectivity index (χ3n) is 4.31. The molecule has 0 spiro atoms. The lowest BCUT2D eigenvalue weighted by atomic mass is 9.79. The number of carbonyl (C=O) groups excluding carboxylic acids is 1. The number of amides is 1. The van der Waals surface area contributed by atoms with E-state index in [1.54, 1.807) is 0 Å². The van der Waals surface area contributed by atoms with Crippen LogP contribution in [0.5, 0.6) is 0 Å². The number of piperidine rings is 1. The molecule has 0 aromatic rings. The number of likely N-dealkylation sites (tertiary alicyclic amines) is 1. The van der Waals surface area contributed by atoms with Gasteiger partial charge in [-0.3, -0.25) is 4.79 Å². The smallest absolute Gasteiger partial charge is 0.226 e. The lowest BCUT2D eigenvalue weighted by Gasteiger charge is -2.38. The molecule has 0 saturated carbocycles. The summed E-state index contributed by atoms with van der Waals surface area (Å²) in [6.45, 7) is 13.9. The number of hydrogen-bond acceptors (Lipinski definition) is 2. The van der Waals surface area contributed by atoms with Crippen molar-refractivity contribution < 1.29 is 4.79 Å². The summed E-state index contributed by atoms with van der Waals surface area (Å²) in [6.07, 6.45) is 1.97. The molecule has 1 N–H and O–H groups in total. The first-order chi connectivity index (χ1) is 7.89. The average molecular weight is 240 g/mol. The number of hydrogen-bond donors (Lipinski definition) is 1. The highest BCUT2D eigenvalue weighted by molar-refractivity contribution is 5.82. The van der Waals surface area contributed by atoms with Crippen LogP contribution in [0.15, 0.2) is 0 Å². The SMILES string of the molecule is CCN1CCC(C)(C(=O)NC(C)C(C)C)CC1. The molecule has 0 aromatic carbocycles. The van der Waals surface area contributed by atoms with Gasteiger partial charge in [0.05, 0.1) is 0 Å². The molecule has 17 heavy (non-hydrogen) atoms. The van der Waals surface area contributed by atoms with Crippen molar-refractivity contribution in [2.24, 2.45) is 11.3 Å². The predicted molar refractivity (Wildman–Crippen MR) is 71.9 cm³/mol. The van der Waals surface area contributed by atoms with Crippen LogP contribution < -0.4 is 5.32 Å². The van der Waals surface area contributed by atoms with Crippen LogP contribution in [-0.2, 0) is 4.79 Å². The van der Waals surface area contributed by atoms with Gasteiger partial charge in [0.2, 0.25) is 5.91 Å². The largest absolute Gasteiger partial charge is 0.353 e. The molecule has 3 nitrogen and oxygen atoms in total. The van der Waals surface area contributed by atoms with Gasteiger partial charge in [0.15, 0.2) is 0 Å². The molecular formula is C14H28N2O. The molecule has 1 fully saturated rings. The van der Waals surface area contributed by atoms with Crippen LogP contribution >= 0.6 is 0 Å². The summed E-state index contributed by atoms with van der Waals surface area (Å²) in [7, 11) is 0. The predicted octanol–water partition coefficient (Wildman–Crippen LogP) is 2.27. The van der Waals surface area contributed by atoms with E-state index in [-0.39, 0.29) is 17.4 Å². The first-order valence-corrected chi connectivity index (χ1v) is 6.92. The van der Waals surface area contributed by atoms with Crippen LogP contribution in [-0.4, -0.2) is 36.5 Å². The molecule has 1 aliphatic heterocycles. The summed E-state index contributed by atoms with van der Waals surface area (Å²) in [5.41, 5.74) is -0.158. The van der Waals surface area contributed by atoms with E-state index >= 15 is 0 Å². The zero-order valence-electron chi connectivity index (χ0n) is 12.0. The van der Waals surface area contributed by atoms with Crippen molar-refractivity contribution in [3.63, 3.8) is 0 Å². The monoisotopic (exact) mass is 240 g/mol. The molecule has 100 valence electrons. The maximum absolute atomic E-state index is 12.3. The molecule has 0 radical (unpaired) electrons. The second-order valence-electron chi connectivity index (χ2n) is 6.00. The van der Waals surface area contributed by atoms with Crippen LogP contribution in [0.1, 0.15) is 47.5 Å². The molecule has 1 unspecified atom stereocenters. The Labute approximate surface area is 106 Å². The molecule has 1 aliphatic rings. The third-order valence-corrected chi connectivity index (χ3v) is 4.31. The third kappa shape index (κ3) is 3.70. The fraction of sp³-hybridized carbons (Fsp3) is 0.929. The first-order valence-electron chi connectivity index (χ1n) is 6.92. The minimum Gasteiger partial charge on any atom is -0.353 e. The molecule has 0 bridgehead atoms. The van der Waals surface area contributed by atoms with Crippen molar-refractivity contribution in [3.8, 4) is 0 Å².